The number of hydrogen-bond acceptors (Lipinski definition) is 2. The van der Waals surface area contributed by atoms with E-state index in [0.717, 1.165) is 42.8 Å². The Morgan fingerprint density at radius 2 is 2.25 bits per heavy atom. The fourth-order valence-electron chi connectivity index (χ4n) is 3.09. The second kappa shape index (κ2) is 5.92. The topological polar surface area (TPSA) is 29.9 Å². The minimum Gasteiger partial charge on any atom is -0.327 e. The second-order valence-electron chi connectivity index (χ2n) is 5.61. The van der Waals surface area contributed by atoms with E-state index in [0.29, 0.717) is 6.04 Å². The van der Waals surface area contributed by atoms with Crippen molar-refractivity contribution in [2.24, 2.45) is 0 Å². The molecule has 3 rings (SSSR count). The molecule has 1 fully saturated rings. The summed E-state index contributed by atoms with van der Waals surface area (Å²) >= 11 is 0. The average molecular weight is 275 g/mol. The molecule has 0 bridgehead atoms. The molecular formula is C16H22FN3. The van der Waals surface area contributed by atoms with Crippen molar-refractivity contribution in [3.8, 4) is 0 Å². The Hall–Kier alpha value is -1.42. The van der Waals surface area contributed by atoms with E-state index in [1.54, 1.807) is 12.1 Å². The Labute approximate surface area is 119 Å². The highest BCUT2D eigenvalue weighted by Gasteiger charge is 2.21. The lowest BCUT2D eigenvalue weighted by atomic mass is 10.1. The first kappa shape index (κ1) is 13.6. The summed E-state index contributed by atoms with van der Waals surface area (Å²) < 4.78 is 15.7. The van der Waals surface area contributed by atoms with Gasteiger partial charge in [0, 0.05) is 6.54 Å². The number of hydrogen-bond donors (Lipinski definition) is 1. The Balaban J connectivity index is 2.05. The molecule has 0 saturated carbocycles. The van der Waals surface area contributed by atoms with E-state index in [-0.39, 0.29) is 5.82 Å². The highest BCUT2D eigenvalue weighted by molar-refractivity contribution is 5.76. The van der Waals surface area contributed by atoms with Crippen LogP contribution >= 0.6 is 0 Å². The molecule has 1 unspecified atom stereocenters. The number of nitrogens with zero attached hydrogens (tertiary/aromatic N) is 2. The van der Waals surface area contributed by atoms with Gasteiger partial charge in [0.05, 0.1) is 17.1 Å². The van der Waals surface area contributed by atoms with Crippen LogP contribution in [0.25, 0.3) is 11.0 Å². The molecule has 0 amide bonds. The highest BCUT2D eigenvalue weighted by atomic mass is 19.1. The molecule has 0 aliphatic carbocycles. The number of aromatic nitrogens is 2. The zero-order chi connectivity index (χ0) is 13.9. The highest BCUT2D eigenvalue weighted by Crippen LogP contribution is 2.26. The van der Waals surface area contributed by atoms with Gasteiger partial charge < -0.3 is 9.88 Å². The Bertz CT molecular complexity index is 583. The molecule has 1 aromatic carbocycles. The summed E-state index contributed by atoms with van der Waals surface area (Å²) in [6.45, 7) is 4.09. The number of nitrogens with one attached hydrogen (secondary N) is 1. The summed E-state index contributed by atoms with van der Waals surface area (Å²) in [5, 5.41) is 3.60. The summed E-state index contributed by atoms with van der Waals surface area (Å²) in [5.74, 6) is 0.893. The first-order valence-corrected chi connectivity index (χ1v) is 7.68. The van der Waals surface area contributed by atoms with Crippen molar-refractivity contribution in [3.05, 3.63) is 29.8 Å². The average Bonchev–Trinajstić information content (AvgIpc) is 2.65. The molecule has 1 N–H and O–H groups in total. The van der Waals surface area contributed by atoms with Crippen molar-refractivity contribution in [2.75, 3.05) is 6.54 Å². The number of imidazole rings is 1. The summed E-state index contributed by atoms with van der Waals surface area (Å²) in [7, 11) is 0. The van der Waals surface area contributed by atoms with Gasteiger partial charge in [0.15, 0.2) is 0 Å². The van der Waals surface area contributed by atoms with Crippen molar-refractivity contribution in [2.45, 2.75) is 51.6 Å². The molecular weight excluding hydrogens is 253 g/mol. The van der Waals surface area contributed by atoms with E-state index in [4.69, 9.17) is 4.98 Å². The van der Waals surface area contributed by atoms with Gasteiger partial charge in [-0.2, -0.15) is 0 Å². The zero-order valence-corrected chi connectivity index (χ0v) is 12.0. The van der Waals surface area contributed by atoms with Gasteiger partial charge in [-0.15, -0.1) is 0 Å². The van der Waals surface area contributed by atoms with Crippen LogP contribution in [0.4, 0.5) is 4.39 Å². The maximum absolute atomic E-state index is 13.5. The van der Waals surface area contributed by atoms with Gasteiger partial charge in [-0.1, -0.05) is 19.8 Å². The summed E-state index contributed by atoms with van der Waals surface area (Å²) in [6.07, 6.45) is 5.91. The van der Waals surface area contributed by atoms with Crippen molar-refractivity contribution < 1.29 is 4.39 Å². The molecule has 4 heteroatoms. The normalized spacial score (nSPS) is 20.2. The number of fused-ring (bicyclic) bond motifs is 1. The largest absolute Gasteiger partial charge is 0.327 e. The van der Waals surface area contributed by atoms with E-state index in [1.807, 2.05) is 0 Å². The van der Waals surface area contributed by atoms with Gasteiger partial charge in [0.25, 0.3) is 0 Å². The van der Waals surface area contributed by atoms with Gasteiger partial charge >= 0.3 is 0 Å². The lowest BCUT2D eigenvalue weighted by molar-refractivity contribution is 0.480. The van der Waals surface area contributed by atoms with Crippen LogP contribution in [-0.4, -0.2) is 16.1 Å². The Morgan fingerprint density at radius 1 is 1.35 bits per heavy atom. The van der Waals surface area contributed by atoms with Crippen LogP contribution in [0.5, 0.6) is 0 Å². The third-order valence-corrected chi connectivity index (χ3v) is 4.06. The molecule has 3 nitrogen and oxygen atoms in total. The van der Waals surface area contributed by atoms with E-state index < -0.39 is 0 Å². The molecule has 2 heterocycles. The maximum atomic E-state index is 13.5. The van der Waals surface area contributed by atoms with Crippen molar-refractivity contribution >= 4 is 11.0 Å². The van der Waals surface area contributed by atoms with E-state index >= 15 is 0 Å². The van der Waals surface area contributed by atoms with E-state index in [2.05, 4.69) is 16.8 Å². The Morgan fingerprint density at radius 3 is 3.10 bits per heavy atom. The van der Waals surface area contributed by atoms with Gasteiger partial charge in [-0.25, -0.2) is 9.37 Å². The van der Waals surface area contributed by atoms with Gasteiger partial charge in [-0.05, 0) is 44.0 Å². The lowest BCUT2D eigenvalue weighted by Gasteiger charge is -2.17. The van der Waals surface area contributed by atoms with E-state index in [9.17, 15) is 4.39 Å². The third-order valence-electron chi connectivity index (χ3n) is 4.06. The van der Waals surface area contributed by atoms with Crippen molar-refractivity contribution in [1.29, 1.82) is 0 Å². The monoisotopic (exact) mass is 275 g/mol. The number of benzene rings is 1. The maximum Gasteiger partial charge on any atom is 0.127 e. The van der Waals surface area contributed by atoms with E-state index in [1.165, 1.54) is 25.3 Å². The molecule has 1 aromatic heterocycles. The zero-order valence-electron chi connectivity index (χ0n) is 12.0. The smallest absolute Gasteiger partial charge is 0.127 e. The lowest BCUT2D eigenvalue weighted by Crippen LogP contribution is -2.23. The van der Waals surface area contributed by atoms with Crippen molar-refractivity contribution in [3.63, 3.8) is 0 Å². The molecule has 108 valence electrons. The van der Waals surface area contributed by atoms with Crippen LogP contribution in [0.1, 0.15) is 50.9 Å². The molecule has 1 saturated heterocycles. The molecule has 0 spiro atoms. The molecule has 0 radical (unpaired) electrons. The molecule has 2 aromatic rings. The minimum atomic E-state index is -0.185. The van der Waals surface area contributed by atoms with Gasteiger partial charge in [0.1, 0.15) is 11.6 Å². The first-order valence-electron chi connectivity index (χ1n) is 7.68. The van der Waals surface area contributed by atoms with Crippen LogP contribution in [0.15, 0.2) is 18.2 Å². The van der Waals surface area contributed by atoms with Crippen LogP contribution < -0.4 is 5.32 Å². The number of aryl methyl sites for hydroxylation is 1. The predicted molar refractivity (Wildman–Crippen MR) is 79.2 cm³/mol. The van der Waals surface area contributed by atoms with Gasteiger partial charge in [-0.3, -0.25) is 0 Å². The summed E-state index contributed by atoms with van der Waals surface area (Å²) in [5.41, 5.74) is 1.83. The fraction of sp³-hybridized carbons (Fsp3) is 0.562. The van der Waals surface area contributed by atoms with Gasteiger partial charge in [0.2, 0.25) is 0 Å². The summed E-state index contributed by atoms with van der Waals surface area (Å²) in [6, 6.07) is 5.20. The van der Waals surface area contributed by atoms with Crippen molar-refractivity contribution in [1.82, 2.24) is 14.9 Å². The third kappa shape index (κ3) is 2.57. The number of rotatable bonds is 3. The van der Waals surface area contributed by atoms with Crippen LogP contribution in [0.2, 0.25) is 0 Å². The van der Waals surface area contributed by atoms with Crippen LogP contribution in [0.3, 0.4) is 0 Å². The molecule has 1 aliphatic heterocycles. The molecule has 1 aliphatic rings. The summed E-state index contributed by atoms with van der Waals surface area (Å²) in [4.78, 5) is 4.77. The standard InChI is InChI=1S/C16H22FN3/c1-2-10-20-15-11-12(17)7-8-13(15)19-16(20)14-6-4-3-5-9-18-14/h7-8,11,14,18H,2-6,9-10H2,1H3. The van der Waals surface area contributed by atoms with Crippen LogP contribution in [0, 0.1) is 5.82 Å². The molecule has 1 atom stereocenters. The molecule has 20 heavy (non-hydrogen) atoms. The predicted octanol–water partition coefficient (Wildman–Crippen LogP) is 3.79. The fourth-order valence-corrected chi connectivity index (χ4v) is 3.09. The number of halogens is 1. The minimum absolute atomic E-state index is 0.185. The first-order chi connectivity index (χ1) is 9.79. The Kier molecular flexibility index (Phi) is 4.01. The quantitative estimate of drug-likeness (QED) is 0.923. The second-order valence-corrected chi connectivity index (χ2v) is 5.61. The van der Waals surface area contributed by atoms with Crippen LogP contribution in [-0.2, 0) is 6.54 Å². The SMILES string of the molecule is CCCn1c(C2CCCCCN2)nc2ccc(F)cc21.